The van der Waals surface area contributed by atoms with E-state index in [4.69, 9.17) is 4.74 Å². The number of ether oxygens (including phenoxy) is 1. The smallest absolute Gasteiger partial charge is 0.179 e. The Morgan fingerprint density at radius 3 is 2.88 bits per heavy atom. The van der Waals surface area contributed by atoms with E-state index in [2.05, 4.69) is 5.32 Å². The normalized spacial score (nSPS) is 19.4. The number of hydrogen-bond acceptors (Lipinski definition) is 3. The third-order valence-electron chi connectivity index (χ3n) is 2.54. The average molecular weight is 239 g/mol. The summed E-state index contributed by atoms with van der Waals surface area (Å²) in [6.45, 7) is 1.95. The molecule has 1 aliphatic rings. The van der Waals surface area contributed by atoms with Crippen molar-refractivity contribution in [2.45, 2.75) is 18.9 Å². The molecule has 1 unspecified atom stereocenters. The number of hydrogen-bond donors (Lipinski definition) is 1. The Labute approximate surface area is 98.9 Å². The van der Waals surface area contributed by atoms with Gasteiger partial charge in [0.25, 0.3) is 0 Å². The van der Waals surface area contributed by atoms with Crippen LogP contribution < -0.4 is 5.32 Å². The summed E-state index contributed by atoms with van der Waals surface area (Å²) >= 11 is 1.54. The predicted molar refractivity (Wildman–Crippen MR) is 65.3 cm³/mol. The minimum Gasteiger partial charge on any atom is -0.352 e. The van der Waals surface area contributed by atoms with Gasteiger partial charge in [-0.2, -0.15) is 0 Å². The summed E-state index contributed by atoms with van der Waals surface area (Å²) in [5.74, 6) is -0.145. The molecular formula is C12H14FNOS. The van der Waals surface area contributed by atoms with Crippen LogP contribution in [0.15, 0.2) is 23.6 Å². The molecule has 0 saturated carbocycles. The van der Waals surface area contributed by atoms with Gasteiger partial charge in [-0.25, -0.2) is 4.39 Å². The SMILES string of the molecule is CCc1ccc(C2=CSC(OC)N2)cc1F. The number of aryl methyl sites for hydroxylation is 1. The molecule has 0 aromatic heterocycles. The van der Waals surface area contributed by atoms with Gasteiger partial charge in [0.15, 0.2) is 5.56 Å². The Bertz CT molecular complexity index is 419. The van der Waals surface area contributed by atoms with E-state index in [9.17, 15) is 4.39 Å². The lowest BCUT2D eigenvalue weighted by atomic mass is 10.1. The molecule has 0 spiro atoms. The Morgan fingerprint density at radius 2 is 2.31 bits per heavy atom. The molecule has 1 N–H and O–H groups in total. The third-order valence-corrected chi connectivity index (χ3v) is 3.47. The van der Waals surface area contributed by atoms with Gasteiger partial charge in [0.2, 0.25) is 0 Å². The molecule has 0 fully saturated rings. The maximum atomic E-state index is 13.6. The average Bonchev–Trinajstić information content (AvgIpc) is 2.77. The highest BCUT2D eigenvalue weighted by Crippen LogP contribution is 2.28. The second-order valence-electron chi connectivity index (χ2n) is 3.54. The second-order valence-corrected chi connectivity index (χ2v) is 4.48. The minimum atomic E-state index is -0.145. The molecule has 0 amide bonds. The first kappa shape index (κ1) is 11.5. The van der Waals surface area contributed by atoms with Crippen molar-refractivity contribution >= 4 is 17.5 Å². The van der Waals surface area contributed by atoms with Crippen molar-refractivity contribution in [3.63, 3.8) is 0 Å². The zero-order valence-electron chi connectivity index (χ0n) is 9.29. The Balaban J connectivity index is 2.20. The highest BCUT2D eigenvalue weighted by molar-refractivity contribution is 8.03. The molecule has 2 rings (SSSR count). The van der Waals surface area contributed by atoms with Gasteiger partial charge >= 0.3 is 0 Å². The van der Waals surface area contributed by atoms with Crippen molar-refractivity contribution in [1.82, 2.24) is 5.32 Å². The number of nitrogens with one attached hydrogen (secondary N) is 1. The molecule has 4 heteroatoms. The van der Waals surface area contributed by atoms with Crippen LogP contribution in [0.5, 0.6) is 0 Å². The lowest BCUT2D eigenvalue weighted by molar-refractivity contribution is 0.163. The largest absolute Gasteiger partial charge is 0.352 e. The summed E-state index contributed by atoms with van der Waals surface area (Å²) in [5, 5.41) is 5.11. The number of methoxy groups -OCH3 is 1. The number of thioether (sulfide) groups is 1. The highest BCUT2D eigenvalue weighted by Gasteiger charge is 2.17. The van der Waals surface area contributed by atoms with Crippen molar-refractivity contribution in [3.8, 4) is 0 Å². The van der Waals surface area contributed by atoms with Crippen LogP contribution in [0.4, 0.5) is 4.39 Å². The van der Waals surface area contributed by atoms with Crippen LogP contribution in [0.3, 0.4) is 0 Å². The first-order chi connectivity index (χ1) is 7.74. The van der Waals surface area contributed by atoms with E-state index in [-0.39, 0.29) is 11.4 Å². The third kappa shape index (κ3) is 2.23. The van der Waals surface area contributed by atoms with Crippen LogP contribution in [0.25, 0.3) is 5.70 Å². The quantitative estimate of drug-likeness (QED) is 0.876. The van der Waals surface area contributed by atoms with Gasteiger partial charge in [0, 0.05) is 12.7 Å². The van der Waals surface area contributed by atoms with Crippen LogP contribution in [-0.4, -0.2) is 12.7 Å². The number of rotatable bonds is 3. The molecule has 1 aromatic rings. The fourth-order valence-electron chi connectivity index (χ4n) is 1.59. The Morgan fingerprint density at radius 1 is 1.50 bits per heavy atom. The van der Waals surface area contributed by atoms with Gasteiger partial charge in [0.1, 0.15) is 5.82 Å². The summed E-state index contributed by atoms with van der Waals surface area (Å²) in [6.07, 6.45) is 0.716. The lowest BCUT2D eigenvalue weighted by Gasteiger charge is -2.11. The van der Waals surface area contributed by atoms with Crippen molar-refractivity contribution < 1.29 is 9.13 Å². The molecule has 1 aromatic carbocycles. The van der Waals surface area contributed by atoms with E-state index >= 15 is 0 Å². The summed E-state index contributed by atoms with van der Waals surface area (Å²) in [4.78, 5) is 0. The van der Waals surface area contributed by atoms with E-state index in [0.717, 1.165) is 16.8 Å². The molecular weight excluding hydrogens is 225 g/mol. The monoisotopic (exact) mass is 239 g/mol. The maximum Gasteiger partial charge on any atom is 0.179 e. The van der Waals surface area contributed by atoms with Crippen LogP contribution in [0, 0.1) is 5.82 Å². The molecule has 2 nitrogen and oxygen atoms in total. The van der Waals surface area contributed by atoms with E-state index in [0.29, 0.717) is 6.42 Å². The maximum absolute atomic E-state index is 13.6. The van der Waals surface area contributed by atoms with E-state index in [1.807, 2.05) is 24.5 Å². The Kier molecular flexibility index (Phi) is 3.51. The highest BCUT2D eigenvalue weighted by atomic mass is 32.2. The topological polar surface area (TPSA) is 21.3 Å². The first-order valence-corrected chi connectivity index (χ1v) is 6.12. The van der Waals surface area contributed by atoms with Gasteiger partial charge in [0.05, 0.1) is 5.70 Å². The second kappa shape index (κ2) is 4.89. The summed E-state index contributed by atoms with van der Waals surface area (Å²) < 4.78 is 18.7. The number of halogens is 1. The molecule has 1 heterocycles. The zero-order valence-corrected chi connectivity index (χ0v) is 10.1. The van der Waals surface area contributed by atoms with Crippen molar-refractivity contribution in [1.29, 1.82) is 0 Å². The van der Waals surface area contributed by atoms with Gasteiger partial charge in [-0.15, -0.1) is 0 Å². The fraction of sp³-hybridized carbons (Fsp3) is 0.333. The molecule has 1 aliphatic heterocycles. The van der Waals surface area contributed by atoms with E-state index in [1.165, 1.54) is 0 Å². The van der Waals surface area contributed by atoms with E-state index < -0.39 is 0 Å². The standard InChI is InChI=1S/C12H14FNOS/c1-3-8-4-5-9(6-10(8)13)11-7-16-12(14-11)15-2/h4-7,12,14H,3H2,1-2H3. The first-order valence-electron chi connectivity index (χ1n) is 5.18. The van der Waals surface area contributed by atoms with Crippen molar-refractivity contribution in [2.75, 3.05) is 7.11 Å². The van der Waals surface area contributed by atoms with Crippen LogP contribution in [0.2, 0.25) is 0 Å². The number of benzene rings is 1. The summed E-state index contributed by atoms with van der Waals surface area (Å²) in [7, 11) is 1.64. The van der Waals surface area contributed by atoms with Crippen molar-refractivity contribution in [2.24, 2.45) is 0 Å². The predicted octanol–water partition coefficient (Wildman–Crippen LogP) is 2.95. The molecule has 0 saturated heterocycles. The van der Waals surface area contributed by atoms with Gasteiger partial charge < -0.3 is 10.1 Å². The summed E-state index contributed by atoms with van der Waals surface area (Å²) in [5.41, 5.74) is 2.46. The zero-order chi connectivity index (χ0) is 11.5. The van der Waals surface area contributed by atoms with Crippen LogP contribution >= 0.6 is 11.8 Å². The molecule has 0 bridgehead atoms. The molecule has 0 radical (unpaired) electrons. The lowest BCUT2D eigenvalue weighted by Crippen LogP contribution is -2.21. The van der Waals surface area contributed by atoms with Gasteiger partial charge in [-0.05, 0) is 23.5 Å². The fourth-order valence-corrected chi connectivity index (χ4v) is 2.36. The summed E-state index contributed by atoms with van der Waals surface area (Å²) in [6, 6.07) is 5.33. The van der Waals surface area contributed by atoms with Gasteiger partial charge in [-0.3, -0.25) is 0 Å². The molecule has 1 atom stereocenters. The van der Waals surface area contributed by atoms with Crippen LogP contribution in [-0.2, 0) is 11.2 Å². The molecule has 86 valence electrons. The van der Waals surface area contributed by atoms with Crippen molar-refractivity contribution in [3.05, 3.63) is 40.6 Å². The van der Waals surface area contributed by atoms with Gasteiger partial charge in [-0.1, -0.05) is 30.8 Å². The molecule has 16 heavy (non-hydrogen) atoms. The van der Waals surface area contributed by atoms with E-state index in [1.54, 1.807) is 24.9 Å². The Hall–Kier alpha value is -1.00. The minimum absolute atomic E-state index is 0.0658. The van der Waals surface area contributed by atoms with Crippen LogP contribution in [0.1, 0.15) is 18.1 Å². The molecule has 0 aliphatic carbocycles.